The van der Waals surface area contributed by atoms with Crippen molar-refractivity contribution in [2.24, 2.45) is 0 Å². The largest absolute Gasteiger partial charge is 0.495 e. The van der Waals surface area contributed by atoms with Crippen LogP contribution in [0.25, 0.3) is 0 Å². The number of anilines is 1. The van der Waals surface area contributed by atoms with E-state index in [2.05, 4.69) is 5.32 Å². The molecule has 3 aromatic rings. The van der Waals surface area contributed by atoms with Gasteiger partial charge >= 0.3 is 0 Å². The van der Waals surface area contributed by atoms with Crippen LogP contribution in [0.1, 0.15) is 51.0 Å². The topological polar surface area (TPSA) is 114 Å². The number of carbonyl (C=O) groups is 2. The fraction of sp³-hybridized carbons (Fsp3) is 0.429. The van der Waals surface area contributed by atoms with Gasteiger partial charge in [-0.1, -0.05) is 68.1 Å². The van der Waals surface area contributed by atoms with Gasteiger partial charge in [0.15, 0.2) is 11.5 Å². The maximum atomic E-state index is 14.5. The van der Waals surface area contributed by atoms with Gasteiger partial charge in [-0.3, -0.25) is 13.9 Å². The summed E-state index contributed by atoms with van der Waals surface area (Å²) in [6.07, 6.45) is 5.84. The highest BCUT2D eigenvalue weighted by Gasteiger charge is 2.35. The van der Waals surface area contributed by atoms with Gasteiger partial charge in [0, 0.05) is 23.7 Å². The molecule has 4 rings (SSSR count). The normalized spacial score (nSPS) is 14.1. The van der Waals surface area contributed by atoms with Crippen LogP contribution in [-0.2, 0) is 26.0 Å². The van der Waals surface area contributed by atoms with E-state index in [1.54, 1.807) is 12.1 Å². The smallest absolute Gasteiger partial charge is 0.265 e. The number of hydrogen-bond acceptors (Lipinski definition) is 7. The Morgan fingerprint density at radius 3 is 2.19 bits per heavy atom. The Bertz CT molecular complexity index is 1610. The number of ether oxygens (including phenoxy) is 3. The van der Waals surface area contributed by atoms with E-state index in [9.17, 15) is 18.0 Å². The summed E-state index contributed by atoms with van der Waals surface area (Å²) in [5, 5.41) is 3.42. The van der Waals surface area contributed by atoms with E-state index >= 15 is 0 Å². The number of rotatable bonds is 15. The molecular weight excluding hydrogens is 642 g/mol. The van der Waals surface area contributed by atoms with Crippen molar-refractivity contribution in [2.75, 3.05) is 38.7 Å². The summed E-state index contributed by atoms with van der Waals surface area (Å²) >= 11 is 6.36. The molecule has 10 nitrogen and oxygen atoms in total. The number of amides is 2. The molecule has 254 valence electrons. The lowest BCUT2D eigenvalue weighted by molar-refractivity contribution is -0.140. The van der Waals surface area contributed by atoms with Crippen LogP contribution in [0.3, 0.4) is 0 Å². The third-order valence-electron chi connectivity index (χ3n) is 8.45. The number of hydrogen-bond donors (Lipinski definition) is 1. The van der Waals surface area contributed by atoms with Crippen LogP contribution in [0.2, 0.25) is 5.02 Å². The first kappa shape index (κ1) is 35.9. The number of nitrogens with one attached hydrogen (secondary N) is 1. The highest BCUT2D eigenvalue weighted by molar-refractivity contribution is 7.92. The Morgan fingerprint density at radius 1 is 0.894 bits per heavy atom. The third kappa shape index (κ3) is 8.90. The Kier molecular flexibility index (Phi) is 12.8. The molecule has 0 bridgehead atoms. The Labute approximate surface area is 283 Å². The van der Waals surface area contributed by atoms with E-state index in [1.165, 1.54) is 50.5 Å². The molecular formula is C35H44ClN3O7S. The van der Waals surface area contributed by atoms with Gasteiger partial charge in [0.2, 0.25) is 11.8 Å². The van der Waals surface area contributed by atoms with Crippen molar-refractivity contribution in [3.05, 3.63) is 77.3 Å². The maximum Gasteiger partial charge on any atom is 0.265 e. The van der Waals surface area contributed by atoms with Gasteiger partial charge in [0.05, 0.1) is 31.9 Å². The lowest BCUT2D eigenvalue weighted by Gasteiger charge is -2.34. The van der Waals surface area contributed by atoms with E-state index in [0.717, 1.165) is 42.0 Å². The Hall–Kier alpha value is -3.96. The first-order chi connectivity index (χ1) is 22.6. The van der Waals surface area contributed by atoms with Crippen LogP contribution in [-0.4, -0.2) is 71.6 Å². The van der Waals surface area contributed by atoms with Gasteiger partial charge < -0.3 is 24.4 Å². The molecule has 1 fully saturated rings. The fourth-order valence-electron chi connectivity index (χ4n) is 5.92. The van der Waals surface area contributed by atoms with Crippen molar-refractivity contribution in [2.45, 2.75) is 68.8 Å². The molecule has 0 aliphatic heterocycles. The third-order valence-corrected chi connectivity index (χ3v) is 10.4. The van der Waals surface area contributed by atoms with Crippen molar-refractivity contribution in [3.63, 3.8) is 0 Å². The average molecular weight is 686 g/mol. The highest BCUT2D eigenvalue weighted by Crippen LogP contribution is 2.37. The number of nitrogens with zero attached hydrogens (tertiary/aromatic N) is 2. The Balaban J connectivity index is 1.76. The molecule has 0 aromatic heterocycles. The van der Waals surface area contributed by atoms with Crippen LogP contribution in [0.5, 0.6) is 17.2 Å². The lowest BCUT2D eigenvalue weighted by Crippen LogP contribution is -2.54. The van der Waals surface area contributed by atoms with Crippen molar-refractivity contribution >= 4 is 39.1 Å². The lowest BCUT2D eigenvalue weighted by atomic mass is 9.95. The molecule has 1 atom stereocenters. The monoisotopic (exact) mass is 685 g/mol. The van der Waals surface area contributed by atoms with Gasteiger partial charge in [0.25, 0.3) is 10.0 Å². The molecule has 2 amide bonds. The zero-order chi connectivity index (χ0) is 34.0. The molecule has 1 aliphatic rings. The molecule has 0 unspecified atom stereocenters. The maximum absolute atomic E-state index is 14.5. The molecule has 0 heterocycles. The summed E-state index contributed by atoms with van der Waals surface area (Å²) in [5.41, 5.74) is 1.06. The minimum atomic E-state index is -4.42. The molecule has 1 saturated carbocycles. The highest BCUT2D eigenvalue weighted by atomic mass is 35.5. The first-order valence-corrected chi connectivity index (χ1v) is 17.7. The minimum Gasteiger partial charge on any atom is -0.495 e. The summed E-state index contributed by atoms with van der Waals surface area (Å²) in [6.45, 7) is 1.44. The van der Waals surface area contributed by atoms with Crippen LogP contribution < -0.4 is 23.8 Å². The van der Waals surface area contributed by atoms with E-state index < -0.39 is 28.5 Å². The molecule has 12 heteroatoms. The average Bonchev–Trinajstić information content (AvgIpc) is 3.09. The molecule has 1 N–H and O–H groups in total. The van der Waals surface area contributed by atoms with Crippen molar-refractivity contribution < 1.29 is 32.2 Å². The number of methoxy groups -OCH3 is 3. The quantitative estimate of drug-likeness (QED) is 0.213. The molecule has 47 heavy (non-hydrogen) atoms. The molecule has 0 radical (unpaired) electrons. The Morgan fingerprint density at radius 2 is 1.55 bits per heavy atom. The number of sulfonamides is 1. The summed E-state index contributed by atoms with van der Waals surface area (Å²) in [4.78, 5) is 29.6. The first-order valence-electron chi connectivity index (χ1n) is 15.8. The standard InChI is InChI=1S/C35H44ClN3O7S/c1-5-29(35(41)37-27-14-10-7-11-15-27)38(21-20-25-12-8-6-9-13-25)34(40)24-39(30-22-26(36)16-18-31(30)44-2)47(42,43)28-17-19-32(45-3)33(23-28)46-4/h6,8-9,12-13,16-19,22-23,27,29H,5,7,10-11,14-15,20-21,24H2,1-4H3,(H,37,41)/t29-/m1/s1. The van der Waals surface area contributed by atoms with Gasteiger partial charge in [-0.05, 0) is 61.6 Å². The summed E-state index contributed by atoms with van der Waals surface area (Å²) in [6, 6.07) is 17.6. The van der Waals surface area contributed by atoms with Crippen molar-refractivity contribution in [1.29, 1.82) is 0 Å². The second-order valence-electron chi connectivity index (χ2n) is 11.4. The molecule has 0 saturated heterocycles. The van der Waals surface area contributed by atoms with E-state index in [0.29, 0.717) is 18.6 Å². The van der Waals surface area contributed by atoms with Crippen LogP contribution in [0.15, 0.2) is 71.6 Å². The van der Waals surface area contributed by atoms with Gasteiger partial charge in [0.1, 0.15) is 18.3 Å². The zero-order valence-electron chi connectivity index (χ0n) is 27.4. The van der Waals surface area contributed by atoms with Crippen LogP contribution >= 0.6 is 11.6 Å². The number of benzene rings is 3. The summed E-state index contributed by atoms with van der Waals surface area (Å²) in [5.74, 6) is -0.0404. The van der Waals surface area contributed by atoms with E-state index in [-0.39, 0.29) is 45.6 Å². The summed E-state index contributed by atoms with van der Waals surface area (Å²) in [7, 11) is -0.157. The summed E-state index contributed by atoms with van der Waals surface area (Å²) < 4.78 is 46.1. The predicted molar refractivity (Wildman–Crippen MR) is 183 cm³/mol. The second kappa shape index (κ2) is 16.7. The van der Waals surface area contributed by atoms with Gasteiger partial charge in [-0.15, -0.1) is 0 Å². The fourth-order valence-corrected chi connectivity index (χ4v) is 7.51. The van der Waals surface area contributed by atoms with Crippen LogP contribution in [0.4, 0.5) is 5.69 Å². The van der Waals surface area contributed by atoms with Crippen molar-refractivity contribution in [3.8, 4) is 17.2 Å². The molecule has 0 spiro atoms. The van der Waals surface area contributed by atoms with E-state index in [4.69, 9.17) is 25.8 Å². The SMILES string of the molecule is CC[C@H](C(=O)NC1CCCCC1)N(CCc1ccccc1)C(=O)CN(c1cc(Cl)ccc1OC)S(=O)(=O)c1ccc(OC)c(OC)c1. The minimum absolute atomic E-state index is 0.0500. The molecule has 3 aromatic carbocycles. The van der Waals surface area contributed by atoms with Gasteiger partial charge in [-0.2, -0.15) is 0 Å². The van der Waals surface area contributed by atoms with E-state index in [1.807, 2.05) is 37.3 Å². The number of carbonyl (C=O) groups excluding carboxylic acids is 2. The predicted octanol–water partition coefficient (Wildman–Crippen LogP) is 5.86. The number of halogens is 1. The molecule has 1 aliphatic carbocycles. The van der Waals surface area contributed by atoms with Crippen molar-refractivity contribution in [1.82, 2.24) is 10.2 Å². The van der Waals surface area contributed by atoms with Gasteiger partial charge in [-0.25, -0.2) is 8.42 Å². The van der Waals surface area contributed by atoms with Crippen LogP contribution in [0, 0.1) is 0 Å². The zero-order valence-corrected chi connectivity index (χ0v) is 29.0. The second-order valence-corrected chi connectivity index (χ2v) is 13.7.